The Hall–Kier alpha value is -6.10. The minimum absolute atomic E-state index is 0. The van der Waals surface area contributed by atoms with E-state index in [1.165, 1.54) is 5.56 Å². The number of hydrogen-bond acceptors (Lipinski definition) is 4. The summed E-state index contributed by atoms with van der Waals surface area (Å²) >= 11 is 0. The molecule has 0 saturated carbocycles. The molecule has 0 fully saturated rings. The number of ether oxygens (including phenoxy) is 1. The van der Waals surface area contributed by atoms with Crippen LogP contribution in [0.2, 0.25) is 0 Å². The predicted octanol–water partition coefficient (Wildman–Crippen LogP) is 11.7. The maximum absolute atomic E-state index is 6.75. The average molecular weight is 880 g/mol. The zero-order valence-electron chi connectivity index (χ0n) is 29.9. The molecule has 1 aliphatic rings. The van der Waals surface area contributed by atoms with Crippen LogP contribution in [-0.2, 0) is 26.5 Å². The number of aromatic nitrogens is 4. The number of para-hydroxylation sites is 4. The zero-order chi connectivity index (χ0) is 35.7. The van der Waals surface area contributed by atoms with E-state index in [2.05, 4.69) is 169 Å². The molecular formula is C47H34N5OPt-3. The number of pyridine rings is 1. The van der Waals surface area contributed by atoms with Crippen molar-refractivity contribution in [3.63, 3.8) is 0 Å². The maximum Gasteiger partial charge on any atom is 0.135 e. The van der Waals surface area contributed by atoms with Crippen LogP contribution in [0.5, 0.6) is 11.5 Å². The van der Waals surface area contributed by atoms with E-state index in [9.17, 15) is 0 Å². The maximum atomic E-state index is 6.75. The minimum Gasteiger partial charge on any atom is -0.509 e. The van der Waals surface area contributed by atoms with Crippen molar-refractivity contribution < 1.29 is 25.8 Å². The monoisotopic (exact) mass is 879 g/mol. The molecule has 0 bridgehead atoms. The second kappa shape index (κ2) is 13.1. The molecule has 0 radical (unpaired) electrons. The van der Waals surface area contributed by atoms with Gasteiger partial charge in [0.2, 0.25) is 0 Å². The summed E-state index contributed by atoms with van der Waals surface area (Å²) in [6.07, 6.45) is 1.90. The van der Waals surface area contributed by atoms with Crippen LogP contribution in [0.15, 0.2) is 146 Å². The van der Waals surface area contributed by atoms with Gasteiger partial charge >= 0.3 is 0 Å². The van der Waals surface area contributed by atoms with E-state index in [-0.39, 0.29) is 26.5 Å². The van der Waals surface area contributed by atoms with Gasteiger partial charge in [0.25, 0.3) is 0 Å². The molecule has 6 nitrogen and oxygen atoms in total. The predicted molar refractivity (Wildman–Crippen MR) is 214 cm³/mol. The second-order valence-corrected chi connectivity index (χ2v) is 14.5. The number of rotatable bonds is 5. The quantitative estimate of drug-likeness (QED) is 0.162. The van der Waals surface area contributed by atoms with Gasteiger partial charge in [-0.15, -0.1) is 41.3 Å². The van der Waals surface area contributed by atoms with E-state index in [0.717, 1.165) is 72.5 Å². The van der Waals surface area contributed by atoms with E-state index in [0.29, 0.717) is 11.5 Å². The van der Waals surface area contributed by atoms with Crippen molar-refractivity contribution in [1.82, 2.24) is 19.1 Å². The van der Waals surface area contributed by atoms with Gasteiger partial charge in [-0.3, -0.25) is 0 Å². The molecule has 7 heteroatoms. The molecule has 0 saturated heterocycles. The molecular weight excluding hydrogens is 846 g/mol. The molecule has 0 aliphatic carbocycles. The summed E-state index contributed by atoms with van der Waals surface area (Å²) in [5.41, 5.74) is 10.2. The number of hydrogen-bond donors (Lipinski definition) is 0. The number of imidazole rings is 1. The first-order valence-electron chi connectivity index (χ1n) is 17.8. The summed E-state index contributed by atoms with van der Waals surface area (Å²) in [6, 6.07) is 55.3. The molecule has 6 aromatic carbocycles. The Labute approximate surface area is 328 Å². The van der Waals surface area contributed by atoms with E-state index < -0.39 is 0 Å². The molecule has 0 spiro atoms. The molecule has 266 valence electrons. The third-order valence-corrected chi connectivity index (χ3v) is 10.0. The van der Waals surface area contributed by atoms with Crippen LogP contribution in [0.25, 0.3) is 61.2 Å². The van der Waals surface area contributed by atoms with Gasteiger partial charge in [-0.2, -0.15) is 6.07 Å². The van der Waals surface area contributed by atoms with E-state index >= 15 is 0 Å². The number of fused-ring (bicyclic) bond motifs is 8. The first kappa shape index (κ1) is 33.7. The fraction of sp³-hybridized carbons (Fsp3) is 0.0851. The van der Waals surface area contributed by atoms with Crippen molar-refractivity contribution in [2.75, 3.05) is 4.90 Å². The van der Waals surface area contributed by atoms with Crippen LogP contribution < -0.4 is 9.64 Å². The van der Waals surface area contributed by atoms with Crippen molar-refractivity contribution in [2.24, 2.45) is 0 Å². The molecule has 0 N–H and O–H groups in total. The van der Waals surface area contributed by atoms with Gasteiger partial charge in [0.15, 0.2) is 0 Å². The molecule has 3 aromatic heterocycles. The van der Waals surface area contributed by atoms with Crippen LogP contribution in [0.4, 0.5) is 11.4 Å². The Morgan fingerprint density at radius 3 is 2.28 bits per heavy atom. The van der Waals surface area contributed by atoms with Crippen LogP contribution in [0.1, 0.15) is 26.3 Å². The summed E-state index contributed by atoms with van der Waals surface area (Å²) in [6.45, 7) is 8.77. The zero-order valence-corrected chi connectivity index (χ0v) is 32.2. The van der Waals surface area contributed by atoms with Crippen molar-refractivity contribution in [3.05, 3.63) is 170 Å². The molecule has 0 amide bonds. The SMILES string of the molecule is CC(C)(C)c1ccnc(-n2c3[c-]c(Oc4[c-]c(N5[CH-]n6c(nc7ccccc76)-c6ccccc65)cc(-c5ccccc5)c4)ccc3c3ccccc32)c1.[Pt]. The Kier molecular flexibility index (Phi) is 8.17. The number of benzene rings is 6. The van der Waals surface area contributed by atoms with Crippen LogP contribution in [0.3, 0.4) is 0 Å². The van der Waals surface area contributed by atoms with Gasteiger partial charge in [-0.1, -0.05) is 117 Å². The first-order valence-corrected chi connectivity index (χ1v) is 17.8. The van der Waals surface area contributed by atoms with E-state index in [4.69, 9.17) is 14.7 Å². The van der Waals surface area contributed by atoms with E-state index in [1.807, 2.05) is 30.5 Å². The van der Waals surface area contributed by atoms with E-state index in [1.54, 1.807) is 0 Å². The number of nitrogens with zero attached hydrogens (tertiary/aromatic N) is 5. The Bertz CT molecular complexity index is 2850. The van der Waals surface area contributed by atoms with Gasteiger partial charge in [-0.25, -0.2) is 4.98 Å². The Balaban J connectivity index is 0.00000384. The Morgan fingerprint density at radius 2 is 1.43 bits per heavy atom. The molecule has 4 heterocycles. The standard InChI is InChI=1S/C47H34N5O.Pt/c1-47(2,3)33-23-24-48-45(27-33)52-42-19-11-7-15-37(42)38-22-21-35(29-44(38)52)53-36-26-32(31-13-5-4-6-14-31)25-34(28-36)50-30-51-43-20-12-9-17-40(43)49-46(51)39-16-8-10-18-41(39)50;/h4-27,30H,1-3H3;/q-3;. The summed E-state index contributed by atoms with van der Waals surface area (Å²) in [4.78, 5) is 12.0. The summed E-state index contributed by atoms with van der Waals surface area (Å²) < 4.78 is 11.1. The summed E-state index contributed by atoms with van der Waals surface area (Å²) in [5, 5.41) is 2.22. The van der Waals surface area contributed by atoms with Crippen molar-refractivity contribution in [1.29, 1.82) is 0 Å². The first-order chi connectivity index (χ1) is 25.9. The average Bonchev–Trinajstić information content (AvgIpc) is 3.73. The van der Waals surface area contributed by atoms with Gasteiger partial charge in [-0.05, 0) is 70.0 Å². The molecule has 10 rings (SSSR count). The van der Waals surface area contributed by atoms with Crippen molar-refractivity contribution in [3.8, 4) is 39.8 Å². The van der Waals surface area contributed by atoms with Crippen molar-refractivity contribution in [2.45, 2.75) is 26.2 Å². The van der Waals surface area contributed by atoms with Gasteiger partial charge in [0, 0.05) is 61.3 Å². The fourth-order valence-electron chi connectivity index (χ4n) is 7.40. The fourth-order valence-corrected chi connectivity index (χ4v) is 7.40. The van der Waals surface area contributed by atoms with Crippen LogP contribution in [-0.4, -0.2) is 19.1 Å². The third kappa shape index (κ3) is 5.66. The van der Waals surface area contributed by atoms with Crippen LogP contribution >= 0.6 is 0 Å². The normalized spacial score (nSPS) is 12.3. The number of anilines is 2. The Morgan fingerprint density at radius 1 is 0.667 bits per heavy atom. The molecule has 0 atom stereocenters. The molecule has 1 aliphatic heterocycles. The van der Waals surface area contributed by atoms with Crippen molar-refractivity contribution >= 4 is 44.2 Å². The minimum atomic E-state index is -0.0232. The summed E-state index contributed by atoms with van der Waals surface area (Å²) in [7, 11) is 0. The third-order valence-electron chi connectivity index (χ3n) is 10.0. The summed E-state index contributed by atoms with van der Waals surface area (Å²) in [5.74, 6) is 2.93. The van der Waals surface area contributed by atoms with Gasteiger partial charge in [0.05, 0.1) is 0 Å². The van der Waals surface area contributed by atoms with Crippen LogP contribution in [0, 0.1) is 18.8 Å². The molecule has 0 unspecified atom stereocenters. The topological polar surface area (TPSA) is 48.1 Å². The largest absolute Gasteiger partial charge is 0.509 e. The molecule has 54 heavy (non-hydrogen) atoms. The van der Waals surface area contributed by atoms with Gasteiger partial charge in [0.1, 0.15) is 5.82 Å². The smallest absolute Gasteiger partial charge is 0.135 e. The second-order valence-electron chi connectivity index (χ2n) is 14.5. The molecule has 9 aromatic rings. The van der Waals surface area contributed by atoms with Gasteiger partial charge < -0.3 is 23.8 Å².